The van der Waals surface area contributed by atoms with Crippen LogP contribution in [0.1, 0.15) is 43.0 Å². The zero-order valence-corrected chi connectivity index (χ0v) is 18.7. The number of fused-ring (bicyclic) bond motifs is 1. The Balaban J connectivity index is 0.00000193. The normalized spacial score (nSPS) is 16.3. The molecular formula is C25H22LiN4O3-. The summed E-state index contributed by atoms with van der Waals surface area (Å²) in [5, 5.41) is 12.5. The number of carbonyl (C=O) groups is 1. The van der Waals surface area contributed by atoms with E-state index in [-0.39, 0.29) is 42.3 Å². The summed E-state index contributed by atoms with van der Waals surface area (Å²) < 4.78 is 0. The van der Waals surface area contributed by atoms with Crippen molar-refractivity contribution >= 4 is 23.7 Å². The Morgan fingerprint density at radius 1 is 1.15 bits per heavy atom. The van der Waals surface area contributed by atoms with Crippen molar-refractivity contribution in [3.05, 3.63) is 77.5 Å². The summed E-state index contributed by atoms with van der Waals surface area (Å²) in [6.45, 7) is 3.62. The van der Waals surface area contributed by atoms with Gasteiger partial charge in [-0.3, -0.25) is 4.79 Å². The van der Waals surface area contributed by atoms with Crippen LogP contribution in [0.4, 0.5) is 11.5 Å². The van der Waals surface area contributed by atoms with E-state index in [9.17, 15) is 9.59 Å². The van der Waals surface area contributed by atoms with E-state index in [0.717, 1.165) is 28.8 Å². The minimum Gasteiger partial charge on any atom is -0.870 e. The first-order valence-electron chi connectivity index (χ1n) is 10.0. The summed E-state index contributed by atoms with van der Waals surface area (Å²) in [4.78, 5) is 29.4. The van der Waals surface area contributed by atoms with Gasteiger partial charge in [0, 0.05) is 24.8 Å². The number of anilines is 2. The Bertz CT molecular complexity index is 1170. The van der Waals surface area contributed by atoms with Crippen molar-refractivity contribution in [2.24, 2.45) is 0 Å². The molecule has 1 aliphatic heterocycles. The molecule has 33 heavy (non-hydrogen) atoms. The van der Waals surface area contributed by atoms with Crippen LogP contribution in [-0.2, 0) is 9.59 Å². The summed E-state index contributed by atoms with van der Waals surface area (Å²) in [7, 11) is 0. The summed E-state index contributed by atoms with van der Waals surface area (Å²) in [6.07, 6.45) is 4.15. The molecule has 1 aliphatic rings. The number of amides is 1. The molecule has 0 spiro atoms. The van der Waals surface area contributed by atoms with E-state index in [1.807, 2.05) is 42.4 Å². The topological polar surface area (TPSA) is 116 Å². The number of hydrogen-bond donors (Lipinski definition) is 1. The Labute approximate surface area is 204 Å². The molecule has 2 aromatic carbocycles. The van der Waals surface area contributed by atoms with E-state index in [1.165, 1.54) is 0 Å². The number of hydrogen-bond acceptors (Lipinski definition) is 6. The first-order chi connectivity index (χ1) is 15.0. The smallest absolute Gasteiger partial charge is 0.870 e. The van der Waals surface area contributed by atoms with Crippen LogP contribution in [0.25, 0.3) is 11.1 Å². The van der Waals surface area contributed by atoms with E-state index in [2.05, 4.69) is 22.4 Å². The van der Waals surface area contributed by atoms with Crippen LogP contribution in [0.15, 0.2) is 60.8 Å². The molecule has 2 N–H and O–H groups in total. The number of carbonyl (C=O) groups excluding carboxylic acids is 2. The van der Waals surface area contributed by atoms with Gasteiger partial charge < -0.3 is 20.5 Å². The Morgan fingerprint density at radius 2 is 1.85 bits per heavy atom. The van der Waals surface area contributed by atoms with E-state index < -0.39 is 0 Å². The van der Waals surface area contributed by atoms with Crippen LogP contribution >= 0.6 is 0 Å². The summed E-state index contributed by atoms with van der Waals surface area (Å²) in [6, 6.07) is 18.9. The third kappa shape index (κ3) is 5.32. The predicted octanol–water partition coefficient (Wildman–Crippen LogP) is 1.20. The van der Waals surface area contributed by atoms with Crippen molar-refractivity contribution in [3.63, 3.8) is 0 Å². The fourth-order valence-corrected chi connectivity index (χ4v) is 4.11. The molecule has 0 bridgehead atoms. The maximum atomic E-state index is 12.4. The Morgan fingerprint density at radius 3 is 2.42 bits per heavy atom. The summed E-state index contributed by atoms with van der Waals surface area (Å²) >= 11 is 0. The predicted molar refractivity (Wildman–Crippen MR) is 121 cm³/mol. The van der Waals surface area contributed by atoms with Crippen LogP contribution in [-0.4, -0.2) is 28.7 Å². The molecule has 2 atom stereocenters. The monoisotopic (exact) mass is 433 g/mol. The fraction of sp³-hybridized carbons (Fsp3) is 0.200. The first-order valence-corrected chi connectivity index (χ1v) is 10.0. The van der Waals surface area contributed by atoms with Crippen molar-refractivity contribution in [1.29, 1.82) is 5.26 Å². The van der Waals surface area contributed by atoms with Gasteiger partial charge in [-0.2, -0.15) is 23.0 Å². The SMILES string of the molecule is CC(=O)N1c2ccc(-c3ccc([C-]=O)cc3)cc2[C@H](Nc2ccc(C#N)cn2)C[C@@H]1C.[Li+].[OH-]. The van der Waals surface area contributed by atoms with Crippen molar-refractivity contribution < 1.29 is 33.9 Å². The Hall–Kier alpha value is -3.42. The number of nitrogens with one attached hydrogen (secondary N) is 1. The maximum absolute atomic E-state index is 12.4. The van der Waals surface area contributed by atoms with E-state index >= 15 is 0 Å². The number of nitriles is 1. The zero-order chi connectivity index (χ0) is 22.0. The van der Waals surface area contributed by atoms with Crippen LogP contribution < -0.4 is 29.1 Å². The molecule has 0 saturated heterocycles. The van der Waals surface area contributed by atoms with Crippen LogP contribution in [0.2, 0.25) is 0 Å². The van der Waals surface area contributed by atoms with Gasteiger partial charge in [-0.15, -0.1) is 12.1 Å². The molecule has 2 heterocycles. The molecule has 0 aliphatic carbocycles. The second kappa shape index (κ2) is 10.9. The molecule has 0 unspecified atom stereocenters. The van der Waals surface area contributed by atoms with Crippen LogP contribution in [0, 0.1) is 11.3 Å². The van der Waals surface area contributed by atoms with E-state index in [1.54, 1.807) is 37.4 Å². The quantitative estimate of drug-likeness (QED) is 0.488. The van der Waals surface area contributed by atoms with Crippen molar-refractivity contribution in [3.8, 4) is 17.2 Å². The number of aromatic nitrogens is 1. The molecule has 0 fully saturated rings. The van der Waals surface area contributed by atoms with Gasteiger partial charge in [0.05, 0.1) is 17.9 Å². The minimum absolute atomic E-state index is 0. The number of benzene rings is 2. The third-order valence-corrected chi connectivity index (χ3v) is 5.57. The van der Waals surface area contributed by atoms with Gasteiger partial charge in [-0.05, 0) is 54.3 Å². The molecule has 8 heteroatoms. The van der Waals surface area contributed by atoms with Gasteiger partial charge in [0.15, 0.2) is 0 Å². The summed E-state index contributed by atoms with van der Waals surface area (Å²) in [5.41, 5.74) is 4.86. The molecule has 4 rings (SSSR count). The number of nitrogens with zero attached hydrogens (tertiary/aromatic N) is 3. The van der Waals surface area contributed by atoms with E-state index in [0.29, 0.717) is 16.9 Å². The molecule has 7 nitrogen and oxygen atoms in total. The van der Waals surface area contributed by atoms with Gasteiger partial charge in [0.1, 0.15) is 11.9 Å². The summed E-state index contributed by atoms with van der Waals surface area (Å²) in [5.74, 6) is 0.678. The van der Waals surface area contributed by atoms with Gasteiger partial charge in [-0.25, -0.2) is 4.98 Å². The van der Waals surface area contributed by atoms with Crippen molar-refractivity contribution in [2.45, 2.75) is 32.4 Å². The van der Waals surface area contributed by atoms with Crippen LogP contribution in [0.5, 0.6) is 0 Å². The standard InChI is InChI=1S/C25H21N4O2.Li.H2O/c1-16-11-23(28-25-10-5-19(13-26)14-27-25)22-12-21(8-9-24(22)29(16)17(2)31)20-6-3-18(15-30)4-7-20;;/h3-10,12,14,16,23H,11H2,1-2H3,(H,27,28);;1H2/q-1;+1;/p-1/t16-,23+;;/m0../s1. The molecule has 162 valence electrons. The van der Waals surface area contributed by atoms with Gasteiger partial charge in [-0.1, -0.05) is 6.07 Å². The third-order valence-electron chi connectivity index (χ3n) is 5.57. The van der Waals surface area contributed by atoms with E-state index in [4.69, 9.17) is 5.26 Å². The molecule has 1 amide bonds. The molecule has 1 aromatic heterocycles. The zero-order valence-electron chi connectivity index (χ0n) is 18.7. The second-order valence-electron chi connectivity index (χ2n) is 7.67. The molecular weight excluding hydrogens is 411 g/mol. The molecule has 3 aromatic rings. The average Bonchev–Trinajstić information content (AvgIpc) is 2.79. The van der Waals surface area contributed by atoms with Crippen LogP contribution in [0.3, 0.4) is 0 Å². The second-order valence-corrected chi connectivity index (χ2v) is 7.67. The fourth-order valence-electron chi connectivity index (χ4n) is 4.11. The van der Waals surface area contributed by atoms with Gasteiger partial charge >= 0.3 is 18.9 Å². The maximum Gasteiger partial charge on any atom is 1.00 e. The number of rotatable bonds is 4. The first kappa shape index (κ1) is 25.8. The molecule has 0 radical (unpaired) electrons. The van der Waals surface area contributed by atoms with Crippen molar-refractivity contribution in [1.82, 2.24) is 4.98 Å². The Kier molecular flexibility index (Phi) is 8.56. The van der Waals surface area contributed by atoms with Crippen molar-refractivity contribution in [2.75, 3.05) is 10.2 Å². The van der Waals surface area contributed by atoms with Gasteiger partial charge in [0.25, 0.3) is 0 Å². The number of pyridine rings is 1. The largest absolute Gasteiger partial charge is 1.00 e. The average molecular weight is 433 g/mol. The minimum atomic E-state index is -0.0523. The molecule has 0 saturated carbocycles. The van der Waals surface area contributed by atoms with Gasteiger partial charge in [0.2, 0.25) is 5.91 Å².